The second kappa shape index (κ2) is 4.28. The highest BCUT2D eigenvalue weighted by Gasteiger charge is 2.22. The predicted octanol–water partition coefficient (Wildman–Crippen LogP) is 1.83. The van der Waals surface area contributed by atoms with Crippen LogP contribution >= 0.6 is 15.9 Å². The molecule has 1 amide bonds. The molecule has 0 saturated carbocycles. The van der Waals surface area contributed by atoms with Gasteiger partial charge in [-0.2, -0.15) is 0 Å². The molecule has 5 heteroatoms. The molecule has 0 aliphatic heterocycles. The Kier molecular flexibility index (Phi) is 3.46. The van der Waals surface area contributed by atoms with Crippen molar-refractivity contribution in [2.75, 3.05) is 5.32 Å². The van der Waals surface area contributed by atoms with Crippen LogP contribution in [0.5, 0.6) is 0 Å². The van der Waals surface area contributed by atoms with Crippen molar-refractivity contribution in [2.45, 2.75) is 26.3 Å². The standard InChI is InChI=1S/C10H14BrN3O/c1-6-7(11)4-5-8(13-6)14-9(15)10(2,3)12/h4-5H,12H2,1-3H3,(H,13,14,15). The summed E-state index contributed by atoms with van der Waals surface area (Å²) < 4.78 is 0.910. The molecule has 0 bridgehead atoms. The Hall–Kier alpha value is -0.940. The van der Waals surface area contributed by atoms with E-state index in [1.165, 1.54) is 0 Å². The van der Waals surface area contributed by atoms with Crippen LogP contribution in [0.1, 0.15) is 19.5 Å². The van der Waals surface area contributed by atoms with Crippen LogP contribution in [0.4, 0.5) is 5.82 Å². The number of carbonyl (C=O) groups excluding carboxylic acids is 1. The molecule has 1 aromatic heterocycles. The van der Waals surface area contributed by atoms with Crippen molar-refractivity contribution in [3.8, 4) is 0 Å². The number of amides is 1. The molecule has 0 aliphatic rings. The monoisotopic (exact) mass is 271 g/mol. The quantitative estimate of drug-likeness (QED) is 0.863. The number of hydrogen-bond donors (Lipinski definition) is 2. The van der Waals surface area contributed by atoms with Gasteiger partial charge < -0.3 is 11.1 Å². The van der Waals surface area contributed by atoms with Gasteiger partial charge in [-0.3, -0.25) is 4.79 Å². The maximum Gasteiger partial charge on any atom is 0.245 e. The number of carbonyl (C=O) groups is 1. The number of aromatic nitrogens is 1. The lowest BCUT2D eigenvalue weighted by Crippen LogP contribution is -2.45. The number of nitrogens with one attached hydrogen (secondary N) is 1. The number of halogens is 1. The summed E-state index contributed by atoms with van der Waals surface area (Å²) in [5.74, 6) is 0.260. The van der Waals surface area contributed by atoms with Gasteiger partial charge in [0.1, 0.15) is 5.82 Å². The molecule has 3 N–H and O–H groups in total. The first-order valence-corrected chi connectivity index (χ1v) is 5.33. The van der Waals surface area contributed by atoms with E-state index in [0.717, 1.165) is 10.2 Å². The van der Waals surface area contributed by atoms with Crippen molar-refractivity contribution in [3.63, 3.8) is 0 Å². The van der Waals surface area contributed by atoms with Gasteiger partial charge in [0.2, 0.25) is 5.91 Å². The zero-order valence-corrected chi connectivity index (χ0v) is 10.6. The molecule has 1 heterocycles. The zero-order valence-electron chi connectivity index (χ0n) is 8.97. The van der Waals surface area contributed by atoms with E-state index in [1.54, 1.807) is 19.9 Å². The van der Waals surface area contributed by atoms with Gasteiger partial charge in [-0.25, -0.2) is 4.98 Å². The lowest BCUT2D eigenvalue weighted by atomic mass is 10.1. The molecule has 0 aromatic carbocycles. The van der Waals surface area contributed by atoms with Crippen molar-refractivity contribution in [2.24, 2.45) is 5.73 Å². The van der Waals surface area contributed by atoms with E-state index in [2.05, 4.69) is 26.2 Å². The van der Waals surface area contributed by atoms with Crippen LogP contribution in [-0.4, -0.2) is 16.4 Å². The number of hydrogen-bond acceptors (Lipinski definition) is 3. The summed E-state index contributed by atoms with van der Waals surface area (Å²) in [6.07, 6.45) is 0. The molecular formula is C10H14BrN3O. The predicted molar refractivity (Wildman–Crippen MR) is 63.6 cm³/mol. The Balaban J connectivity index is 2.83. The Bertz CT molecular complexity index is 385. The van der Waals surface area contributed by atoms with Crippen molar-refractivity contribution < 1.29 is 4.79 Å². The summed E-state index contributed by atoms with van der Waals surface area (Å²) in [6.45, 7) is 5.15. The normalized spacial score (nSPS) is 11.3. The third kappa shape index (κ3) is 3.28. The fourth-order valence-corrected chi connectivity index (χ4v) is 1.11. The van der Waals surface area contributed by atoms with Gasteiger partial charge in [-0.05, 0) is 48.8 Å². The highest BCUT2D eigenvalue weighted by Crippen LogP contribution is 2.16. The lowest BCUT2D eigenvalue weighted by Gasteiger charge is -2.17. The van der Waals surface area contributed by atoms with Crippen LogP contribution in [0.3, 0.4) is 0 Å². The minimum Gasteiger partial charge on any atom is -0.318 e. The van der Waals surface area contributed by atoms with Crippen molar-refractivity contribution in [1.29, 1.82) is 0 Å². The Morgan fingerprint density at radius 2 is 2.13 bits per heavy atom. The summed E-state index contributed by atoms with van der Waals surface area (Å²) in [5.41, 5.74) is 5.57. The number of nitrogens with zero attached hydrogens (tertiary/aromatic N) is 1. The average molecular weight is 272 g/mol. The topological polar surface area (TPSA) is 68.0 Å². The first kappa shape index (κ1) is 12.1. The van der Waals surface area contributed by atoms with E-state index in [9.17, 15) is 4.79 Å². The molecule has 0 unspecified atom stereocenters. The fourth-order valence-electron chi connectivity index (χ4n) is 0.891. The van der Waals surface area contributed by atoms with Crippen molar-refractivity contribution in [3.05, 3.63) is 22.3 Å². The third-order valence-corrected chi connectivity index (χ3v) is 2.69. The van der Waals surface area contributed by atoms with E-state index in [-0.39, 0.29) is 5.91 Å². The lowest BCUT2D eigenvalue weighted by molar-refractivity contribution is -0.120. The van der Waals surface area contributed by atoms with Gasteiger partial charge in [0.25, 0.3) is 0 Å². The minimum atomic E-state index is -0.900. The van der Waals surface area contributed by atoms with Gasteiger partial charge in [-0.1, -0.05) is 0 Å². The van der Waals surface area contributed by atoms with E-state index < -0.39 is 5.54 Å². The summed E-state index contributed by atoms with van der Waals surface area (Å²) in [4.78, 5) is 15.7. The van der Waals surface area contributed by atoms with Crippen LogP contribution in [0.15, 0.2) is 16.6 Å². The first-order valence-electron chi connectivity index (χ1n) is 4.54. The van der Waals surface area contributed by atoms with Crippen LogP contribution in [0.25, 0.3) is 0 Å². The first-order chi connectivity index (χ1) is 6.80. The molecule has 82 valence electrons. The molecule has 0 spiro atoms. The zero-order chi connectivity index (χ0) is 11.6. The number of aryl methyl sites for hydroxylation is 1. The van der Waals surface area contributed by atoms with Crippen LogP contribution in [0.2, 0.25) is 0 Å². The van der Waals surface area contributed by atoms with E-state index >= 15 is 0 Å². The minimum absolute atomic E-state index is 0.253. The van der Waals surface area contributed by atoms with Gasteiger partial charge in [0, 0.05) is 4.47 Å². The molecule has 0 atom stereocenters. The smallest absolute Gasteiger partial charge is 0.245 e. The summed E-state index contributed by atoms with van der Waals surface area (Å²) in [5, 5.41) is 2.65. The number of anilines is 1. The van der Waals surface area contributed by atoms with E-state index in [0.29, 0.717) is 5.82 Å². The van der Waals surface area contributed by atoms with Crippen LogP contribution < -0.4 is 11.1 Å². The van der Waals surface area contributed by atoms with E-state index in [4.69, 9.17) is 5.73 Å². The molecule has 0 radical (unpaired) electrons. The maximum atomic E-state index is 11.5. The fraction of sp³-hybridized carbons (Fsp3) is 0.400. The van der Waals surface area contributed by atoms with E-state index in [1.807, 2.05) is 13.0 Å². The molecule has 1 rings (SSSR count). The highest BCUT2D eigenvalue weighted by atomic mass is 79.9. The summed E-state index contributed by atoms with van der Waals surface area (Å²) in [7, 11) is 0. The van der Waals surface area contributed by atoms with Gasteiger partial charge in [-0.15, -0.1) is 0 Å². The number of nitrogens with two attached hydrogens (primary N) is 1. The Labute approximate surface area is 97.4 Å². The van der Waals surface area contributed by atoms with Crippen molar-refractivity contribution in [1.82, 2.24) is 4.98 Å². The number of pyridine rings is 1. The molecule has 0 saturated heterocycles. The summed E-state index contributed by atoms with van der Waals surface area (Å²) in [6, 6.07) is 3.56. The molecular weight excluding hydrogens is 258 g/mol. The molecule has 4 nitrogen and oxygen atoms in total. The molecule has 15 heavy (non-hydrogen) atoms. The Morgan fingerprint density at radius 1 is 1.53 bits per heavy atom. The highest BCUT2D eigenvalue weighted by molar-refractivity contribution is 9.10. The largest absolute Gasteiger partial charge is 0.318 e. The van der Waals surface area contributed by atoms with Crippen LogP contribution in [-0.2, 0) is 4.79 Å². The molecule has 1 aromatic rings. The van der Waals surface area contributed by atoms with Crippen molar-refractivity contribution >= 4 is 27.7 Å². The second-order valence-corrected chi connectivity index (χ2v) is 4.79. The third-order valence-electron chi connectivity index (χ3n) is 1.85. The molecule has 0 fully saturated rings. The van der Waals surface area contributed by atoms with Gasteiger partial charge in [0.15, 0.2) is 0 Å². The average Bonchev–Trinajstić information content (AvgIpc) is 2.10. The Morgan fingerprint density at radius 3 is 2.60 bits per heavy atom. The van der Waals surface area contributed by atoms with Gasteiger partial charge in [0.05, 0.1) is 11.2 Å². The van der Waals surface area contributed by atoms with Crippen LogP contribution in [0, 0.1) is 6.92 Å². The second-order valence-electron chi connectivity index (χ2n) is 3.94. The van der Waals surface area contributed by atoms with Gasteiger partial charge >= 0.3 is 0 Å². The SMILES string of the molecule is Cc1nc(NC(=O)C(C)(C)N)ccc1Br. The number of rotatable bonds is 2. The molecule has 0 aliphatic carbocycles. The maximum absolute atomic E-state index is 11.5. The summed E-state index contributed by atoms with van der Waals surface area (Å²) >= 11 is 3.34.